The first-order chi connectivity index (χ1) is 11.7. The van der Waals surface area contributed by atoms with Gasteiger partial charge in [0, 0.05) is 25.7 Å². The van der Waals surface area contributed by atoms with Crippen LogP contribution in [0.2, 0.25) is 0 Å². The number of nitrogens with one attached hydrogen (secondary N) is 1. The van der Waals surface area contributed by atoms with Crippen LogP contribution in [0.4, 0.5) is 15.8 Å². The average Bonchev–Trinajstić information content (AvgIpc) is 2.60. The van der Waals surface area contributed by atoms with E-state index in [4.69, 9.17) is 4.74 Å². The Bertz CT molecular complexity index is 657. The molecule has 2 N–H and O–H groups in total. The van der Waals surface area contributed by atoms with Crippen LogP contribution in [0.25, 0.3) is 0 Å². The van der Waals surface area contributed by atoms with Crippen LogP contribution in [0.15, 0.2) is 48.5 Å². The van der Waals surface area contributed by atoms with E-state index in [-0.39, 0.29) is 11.9 Å². The van der Waals surface area contributed by atoms with Gasteiger partial charge in [0.25, 0.3) is 0 Å². The van der Waals surface area contributed by atoms with Gasteiger partial charge in [0.2, 0.25) is 0 Å². The molecule has 24 heavy (non-hydrogen) atoms. The third-order valence-electron chi connectivity index (χ3n) is 4.19. The van der Waals surface area contributed by atoms with E-state index < -0.39 is 0 Å². The Morgan fingerprint density at radius 2 is 1.92 bits per heavy atom. The summed E-state index contributed by atoms with van der Waals surface area (Å²) in [4.78, 5) is 2.29. The smallest absolute Gasteiger partial charge is 0.126 e. The third kappa shape index (κ3) is 4.38. The third-order valence-corrected chi connectivity index (χ3v) is 4.19. The quantitative estimate of drug-likeness (QED) is 0.798. The largest absolute Gasteiger partial charge is 0.492 e. The fraction of sp³-hybridized carbons (Fsp3) is 0.368. The lowest BCUT2D eigenvalue weighted by Gasteiger charge is -2.33. The predicted molar refractivity (Wildman–Crippen MR) is 94.3 cm³/mol. The second-order valence-corrected chi connectivity index (χ2v) is 5.97. The molecule has 0 aromatic heterocycles. The maximum Gasteiger partial charge on any atom is 0.126 e. The molecule has 0 spiro atoms. The van der Waals surface area contributed by atoms with Crippen molar-refractivity contribution in [2.45, 2.75) is 18.9 Å². The highest BCUT2D eigenvalue weighted by Gasteiger charge is 2.18. The molecule has 0 saturated carbocycles. The lowest BCUT2D eigenvalue weighted by atomic mass is 10.1. The molecule has 2 aromatic rings. The van der Waals surface area contributed by atoms with E-state index in [0.29, 0.717) is 18.9 Å². The second-order valence-electron chi connectivity index (χ2n) is 5.97. The molecule has 1 saturated heterocycles. The van der Waals surface area contributed by atoms with Gasteiger partial charge in [-0.05, 0) is 37.1 Å². The van der Waals surface area contributed by atoms with Gasteiger partial charge in [-0.1, -0.05) is 18.2 Å². The zero-order valence-corrected chi connectivity index (χ0v) is 13.6. The Labute approximate surface area is 141 Å². The van der Waals surface area contributed by atoms with Gasteiger partial charge in [-0.15, -0.1) is 0 Å². The molecule has 0 aliphatic carbocycles. The summed E-state index contributed by atoms with van der Waals surface area (Å²) < 4.78 is 18.7. The number of hydrogen-bond donors (Lipinski definition) is 2. The van der Waals surface area contributed by atoms with Crippen LogP contribution in [0.5, 0.6) is 5.75 Å². The standard InChI is InChI=1S/C19H23FN2O2/c20-15-4-3-5-17(14-15)24-13-10-21-18-6-1-2-7-19(18)22-11-8-16(23)9-12-22/h1-7,14,16,21,23H,8-13H2. The second kappa shape index (κ2) is 8.02. The van der Waals surface area contributed by atoms with Gasteiger partial charge in [-0.2, -0.15) is 0 Å². The fourth-order valence-electron chi connectivity index (χ4n) is 2.92. The van der Waals surface area contributed by atoms with E-state index in [1.54, 1.807) is 12.1 Å². The van der Waals surface area contributed by atoms with Crippen LogP contribution >= 0.6 is 0 Å². The maximum atomic E-state index is 13.1. The number of benzene rings is 2. The van der Waals surface area contributed by atoms with Gasteiger partial charge < -0.3 is 20.1 Å². The van der Waals surface area contributed by atoms with Gasteiger partial charge in [-0.3, -0.25) is 0 Å². The number of aliphatic hydroxyl groups excluding tert-OH is 1. The van der Waals surface area contributed by atoms with Crippen LogP contribution in [0.3, 0.4) is 0 Å². The molecule has 1 aliphatic heterocycles. The Morgan fingerprint density at radius 1 is 1.12 bits per heavy atom. The summed E-state index contributed by atoms with van der Waals surface area (Å²) in [5.41, 5.74) is 2.20. The van der Waals surface area contributed by atoms with Crippen molar-refractivity contribution in [3.63, 3.8) is 0 Å². The van der Waals surface area contributed by atoms with Gasteiger partial charge >= 0.3 is 0 Å². The molecule has 0 radical (unpaired) electrons. The van der Waals surface area contributed by atoms with Gasteiger partial charge in [0.15, 0.2) is 0 Å². The molecule has 2 aromatic carbocycles. The Balaban J connectivity index is 1.53. The Hall–Kier alpha value is -2.27. The number of para-hydroxylation sites is 2. The monoisotopic (exact) mass is 330 g/mol. The van der Waals surface area contributed by atoms with Crippen LogP contribution in [0.1, 0.15) is 12.8 Å². The minimum atomic E-state index is -0.293. The molecule has 1 aliphatic rings. The molecule has 0 unspecified atom stereocenters. The fourth-order valence-corrected chi connectivity index (χ4v) is 2.92. The van der Waals surface area contributed by atoms with Crippen LogP contribution in [-0.4, -0.2) is 37.5 Å². The molecule has 1 heterocycles. The van der Waals surface area contributed by atoms with Crippen LogP contribution in [-0.2, 0) is 0 Å². The van der Waals surface area contributed by atoms with Gasteiger partial charge in [0.05, 0.1) is 17.5 Å². The maximum absolute atomic E-state index is 13.1. The summed E-state index contributed by atoms with van der Waals surface area (Å²) in [5.74, 6) is 0.244. The Kier molecular flexibility index (Phi) is 5.54. The van der Waals surface area contributed by atoms with Crippen LogP contribution < -0.4 is 15.0 Å². The number of aliphatic hydroxyl groups is 1. The highest BCUT2D eigenvalue weighted by atomic mass is 19.1. The number of piperidine rings is 1. The first-order valence-electron chi connectivity index (χ1n) is 8.36. The van der Waals surface area contributed by atoms with E-state index in [2.05, 4.69) is 16.3 Å². The Morgan fingerprint density at radius 3 is 2.71 bits per heavy atom. The number of ether oxygens (including phenoxy) is 1. The molecule has 1 fully saturated rings. The normalized spacial score (nSPS) is 15.3. The van der Waals surface area contributed by atoms with E-state index in [9.17, 15) is 9.50 Å². The van der Waals surface area contributed by atoms with Crippen molar-refractivity contribution in [1.82, 2.24) is 0 Å². The van der Waals surface area contributed by atoms with Gasteiger partial charge in [0.1, 0.15) is 18.2 Å². The van der Waals surface area contributed by atoms with Crippen molar-refractivity contribution < 1.29 is 14.2 Å². The molecule has 0 amide bonds. The van der Waals surface area contributed by atoms with Crippen molar-refractivity contribution in [3.8, 4) is 5.75 Å². The minimum absolute atomic E-state index is 0.180. The van der Waals surface area contributed by atoms with Crippen LogP contribution in [0, 0.1) is 5.82 Å². The molecular weight excluding hydrogens is 307 g/mol. The first kappa shape index (κ1) is 16.6. The van der Waals surface area contributed by atoms with E-state index >= 15 is 0 Å². The average molecular weight is 330 g/mol. The van der Waals surface area contributed by atoms with E-state index in [1.807, 2.05) is 18.2 Å². The summed E-state index contributed by atoms with van der Waals surface area (Å²) in [6, 6.07) is 14.3. The molecule has 5 heteroatoms. The number of halogens is 1. The van der Waals surface area contributed by atoms with E-state index in [1.165, 1.54) is 12.1 Å². The summed E-state index contributed by atoms with van der Waals surface area (Å²) >= 11 is 0. The molecule has 0 atom stereocenters. The van der Waals surface area contributed by atoms with Crippen molar-refractivity contribution in [1.29, 1.82) is 0 Å². The van der Waals surface area contributed by atoms with Crippen molar-refractivity contribution in [3.05, 3.63) is 54.3 Å². The summed E-state index contributed by atoms with van der Waals surface area (Å²) in [6.07, 6.45) is 1.43. The highest BCUT2D eigenvalue weighted by molar-refractivity contribution is 5.70. The number of hydrogen-bond acceptors (Lipinski definition) is 4. The molecule has 0 bridgehead atoms. The predicted octanol–water partition coefficient (Wildman–Crippen LogP) is 3.28. The lowest BCUT2D eigenvalue weighted by molar-refractivity contribution is 0.145. The van der Waals surface area contributed by atoms with Gasteiger partial charge in [-0.25, -0.2) is 4.39 Å². The SMILES string of the molecule is OC1CCN(c2ccccc2NCCOc2cccc(F)c2)CC1. The summed E-state index contributed by atoms with van der Waals surface area (Å²) in [6.45, 7) is 2.81. The molecule has 4 nitrogen and oxygen atoms in total. The topological polar surface area (TPSA) is 44.7 Å². The zero-order chi connectivity index (χ0) is 16.8. The number of anilines is 2. The first-order valence-corrected chi connectivity index (χ1v) is 8.36. The van der Waals surface area contributed by atoms with E-state index in [0.717, 1.165) is 37.3 Å². The number of nitrogens with zero attached hydrogens (tertiary/aromatic N) is 1. The van der Waals surface area contributed by atoms with Crippen molar-refractivity contribution in [2.75, 3.05) is 36.5 Å². The summed E-state index contributed by atoms with van der Waals surface area (Å²) in [5, 5.41) is 13.0. The summed E-state index contributed by atoms with van der Waals surface area (Å²) in [7, 11) is 0. The molecule has 3 rings (SSSR count). The lowest BCUT2D eigenvalue weighted by Crippen LogP contribution is -2.36. The zero-order valence-electron chi connectivity index (χ0n) is 13.6. The number of rotatable bonds is 6. The molecule has 128 valence electrons. The highest BCUT2D eigenvalue weighted by Crippen LogP contribution is 2.28. The van der Waals surface area contributed by atoms with Crippen molar-refractivity contribution >= 4 is 11.4 Å². The minimum Gasteiger partial charge on any atom is -0.492 e. The molecular formula is C19H23FN2O2. The van der Waals surface area contributed by atoms with Crippen molar-refractivity contribution in [2.24, 2.45) is 0 Å².